The molecule has 2 aromatic rings. The smallest absolute Gasteiger partial charge is 0.313 e. The minimum absolute atomic E-state index is 0.0279. The number of carbonyl (C=O) groups is 2. The summed E-state index contributed by atoms with van der Waals surface area (Å²) in [6, 6.07) is 5.47. The summed E-state index contributed by atoms with van der Waals surface area (Å²) in [5.41, 5.74) is -0.0944. The van der Waals surface area contributed by atoms with Gasteiger partial charge < -0.3 is 24.1 Å². The lowest BCUT2D eigenvalue weighted by atomic mass is 9.87. The van der Waals surface area contributed by atoms with Crippen LogP contribution in [-0.2, 0) is 9.53 Å². The lowest BCUT2D eigenvalue weighted by Crippen LogP contribution is -2.19. The van der Waals surface area contributed by atoms with Crippen LogP contribution in [0.15, 0.2) is 49.6 Å². The fraction of sp³-hybridized carbons (Fsp3) is 0.280. The molecule has 0 radical (unpaired) electrons. The number of esters is 1. The summed E-state index contributed by atoms with van der Waals surface area (Å²) in [6.45, 7) is 9.19. The van der Waals surface area contributed by atoms with E-state index < -0.39 is 29.2 Å². The van der Waals surface area contributed by atoms with Crippen LogP contribution in [0.1, 0.15) is 40.7 Å². The van der Waals surface area contributed by atoms with Crippen molar-refractivity contribution in [3.05, 3.63) is 72.1 Å². The van der Waals surface area contributed by atoms with E-state index >= 15 is 0 Å². The number of methoxy groups -OCH3 is 2. The van der Waals surface area contributed by atoms with Gasteiger partial charge in [-0.15, -0.1) is 0 Å². The molecule has 0 aromatic heterocycles. The number of carbonyl (C=O) groups excluding carboxylic acids is 2. The van der Waals surface area contributed by atoms with Gasteiger partial charge >= 0.3 is 5.97 Å². The van der Waals surface area contributed by atoms with E-state index in [0.717, 1.165) is 0 Å². The third-order valence-electron chi connectivity index (χ3n) is 4.87. The molecular formula is C25H27FO7. The van der Waals surface area contributed by atoms with Crippen LogP contribution >= 0.6 is 0 Å². The second-order valence-electron chi connectivity index (χ2n) is 6.88. The van der Waals surface area contributed by atoms with Gasteiger partial charge in [-0.25, -0.2) is 0 Å². The molecule has 176 valence electrons. The number of aromatic hydroxyl groups is 1. The highest BCUT2D eigenvalue weighted by molar-refractivity contribution is 6.14. The Balaban J connectivity index is 2.82. The average Bonchev–Trinajstić information content (AvgIpc) is 2.82. The maximum Gasteiger partial charge on any atom is 0.313 e. The van der Waals surface area contributed by atoms with Crippen LogP contribution in [-0.4, -0.2) is 44.3 Å². The summed E-state index contributed by atoms with van der Waals surface area (Å²) in [7, 11) is 2.48. The van der Waals surface area contributed by atoms with Gasteiger partial charge in [0.15, 0.2) is 11.5 Å². The molecule has 8 heteroatoms. The molecule has 0 aliphatic carbocycles. The van der Waals surface area contributed by atoms with Gasteiger partial charge in [0.05, 0.1) is 31.3 Å². The number of ether oxygens (including phenoxy) is 4. The highest BCUT2D eigenvalue weighted by Gasteiger charge is 2.31. The van der Waals surface area contributed by atoms with E-state index in [0.29, 0.717) is 12.2 Å². The van der Waals surface area contributed by atoms with Crippen molar-refractivity contribution >= 4 is 11.8 Å². The zero-order valence-corrected chi connectivity index (χ0v) is 18.9. The van der Waals surface area contributed by atoms with Crippen molar-refractivity contribution in [2.75, 3.05) is 27.4 Å². The number of rotatable bonds is 12. The molecule has 0 saturated heterocycles. The third-order valence-corrected chi connectivity index (χ3v) is 4.87. The normalized spacial score (nSPS) is 11.3. The van der Waals surface area contributed by atoms with Crippen LogP contribution in [0.2, 0.25) is 0 Å². The molecule has 1 atom stereocenters. The van der Waals surface area contributed by atoms with Crippen LogP contribution in [0.4, 0.5) is 4.39 Å². The number of benzene rings is 2. The Kier molecular flexibility index (Phi) is 9.03. The lowest BCUT2D eigenvalue weighted by molar-refractivity contribution is -0.142. The number of phenols is 1. The fourth-order valence-corrected chi connectivity index (χ4v) is 3.31. The zero-order valence-electron chi connectivity index (χ0n) is 18.9. The summed E-state index contributed by atoms with van der Waals surface area (Å²) >= 11 is 0. The topological polar surface area (TPSA) is 91.3 Å². The molecule has 2 rings (SSSR count). The quantitative estimate of drug-likeness (QED) is 0.283. The Labute approximate surface area is 192 Å². The molecule has 0 aliphatic heterocycles. The molecule has 2 aromatic carbocycles. The van der Waals surface area contributed by atoms with E-state index in [9.17, 15) is 19.1 Å². The summed E-state index contributed by atoms with van der Waals surface area (Å²) in [4.78, 5) is 26.1. The second kappa shape index (κ2) is 11.7. The van der Waals surface area contributed by atoms with Crippen LogP contribution in [0.3, 0.4) is 0 Å². The largest absolute Gasteiger partial charge is 0.504 e. The van der Waals surface area contributed by atoms with Crippen LogP contribution in [0, 0.1) is 5.82 Å². The molecule has 33 heavy (non-hydrogen) atoms. The number of hydrogen-bond donors (Lipinski definition) is 1. The third kappa shape index (κ3) is 5.52. The summed E-state index contributed by atoms with van der Waals surface area (Å²) in [5, 5.41) is 10.4. The van der Waals surface area contributed by atoms with Crippen molar-refractivity contribution < 1.29 is 38.0 Å². The van der Waals surface area contributed by atoms with Gasteiger partial charge in [0.2, 0.25) is 11.6 Å². The predicted molar refractivity (Wildman–Crippen MR) is 121 cm³/mol. The molecule has 1 N–H and O–H groups in total. The molecular weight excluding hydrogens is 431 g/mol. The van der Waals surface area contributed by atoms with E-state index in [2.05, 4.69) is 13.2 Å². The van der Waals surface area contributed by atoms with Crippen LogP contribution < -0.4 is 14.2 Å². The van der Waals surface area contributed by atoms with Gasteiger partial charge in [0.25, 0.3) is 0 Å². The molecule has 0 heterocycles. The summed E-state index contributed by atoms with van der Waals surface area (Å²) < 4.78 is 35.6. The van der Waals surface area contributed by atoms with Gasteiger partial charge in [0, 0.05) is 6.07 Å². The van der Waals surface area contributed by atoms with Crippen LogP contribution in [0.25, 0.3) is 0 Å². The first kappa shape index (κ1) is 25.5. The number of ketones is 1. The van der Waals surface area contributed by atoms with E-state index in [1.54, 1.807) is 13.0 Å². The predicted octanol–water partition coefficient (Wildman–Crippen LogP) is 4.57. The summed E-state index contributed by atoms with van der Waals surface area (Å²) in [5.74, 6) is -3.95. The van der Waals surface area contributed by atoms with Crippen molar-refractivity contribution in [3.63, 3.8) is 0 Å². The Morgan fingerprint density at radius 2 is 1.76 bits per heavy atom. The van der Waals surface area contributed by atoms with Crippen LogP contribution in [0.5, 0.6) is 23.0 Å². The highest BCUT2D eigenvalue weighted by Crippen LogP contribution is 2.39. The first-order valence-corrected chi connectivity index (χ1v) is 10.2. The number of hydrogen-bond acceptors (Lipinski definition) is 7. The van der Waals surface area contributed by atoms with Crippen molar-refractivity contribution in [1.29, 1.82) is 0 Å². The van der Waals surface area contributed by atoms with Gasteiger partial charge in [-0.05, 0) is 30.2 Å². The van der Waals surface area contributed by atoms with Gasteiger partial charge in [-0.3, -0.25) is 9.59 Å². The van der Waals surface area contributed by atoms with Crippen molar-refractivity contribution in [1.82, 2.24) is 0 Å². The van der Waals surface area contributed by atoms with E-state index in [-0.39, 0.29) is 41.4 Å². The van der Waals surface area contributed by atoms with E-state index in [4.69, 9.17) is 18.9 Å². The molecule has 0 saturated carbocycles. The summed E-state index contributed by atoms with van der Waals surface area (Å²) in [6.07, 6.45) is 3.31. The molecule has 0 bridgehead atoms. The lowest BCUT2D eigenvalue weighted by Gasteiger charge is -2.21. The van der Waals surface area contributed by atoms with E-state index in [1.165, 1.54) is 44.6 Å². The zero-order chi connectivity index (χ0) is 24.5. The molecule has 0 aliphatic rings. The Bertz CT molecular complexity index is 1050. The Morgan fingerprint density at radius 3 is 2.33 bits per heavy atom. The molecule has 0 amide bonds. The number of halogens is 1. The fourth-order valence-electron chi connectivity index (χ4n) is 3.31. The molecule has 0 spiro atoms. The van der Waals surface area contributed by atoms with Crippen molar-refractivity contribution in [2.24, 2.45) is 0 Å². The average molecular weight is 458 g/mol. The maximum absolute atomic E-state index is 14.5. The van der Waals surface area contributed by atoms with Crippen molar-refractivity contribution in [2.45, 2.75) is 19.3 Å². The highest BCUT2D eigenvalue weighted by atomic mass is 19.1. The van der Waals surface area contributed by atoms with Gasteiger partial charge in [-0.2, -0.15) is 4.39 Å². The second-order valence-corrected chi connectivity index (χ2v) is 6.88. The van der Waals surface area contributed by atoms with E-state index in [1.807, 2.05) is 0 Å². The number of phenolic OH excluding ortho intramolecular Hbond substituents is 1. The van der Waals surface area contributed by atoms with Crippen molar-refractivity contribution in [3.8, 4) is 23.0 Å². The monoisotopic (exact) mass is 458 g/mol. The maximum atomic E-state index is 14.5. The minimum Gasteiger partial charge on any atom is -0.504 e. The van der Waals surface area contributed by atoms with Gasteiger partial charge in [0.1, 0.15) is 24.7 Å². The Morgan fingerprint density at radius 1 is 1.09 bits per heavy atom. The standard InChI is InChI=1S/C25H27FO7/c1-6-11-32-15-13-18(16(8-3)25(29)31-5)21(20(14-15)33-12-7-2)23(27)17-9-10-19(30-4)22(26)24(17)28/h6-7,9-10,13-14,16,28H,1-2,8,11-12H2,3-5H3. The molecule has 7 nitrogen and oxygen atoms in total. The first-order chi connectivity index (χ1) is 15.8. The Hall–Kier alpha value is -3.81. The first-order valence-electron chi connectivity index (χ1n) is 10.2. The molecule has 1 unspecified atom stereocenters. The minimum atomic E-state index is -1.08. The molecule has 0 fully saturated rings. The van der Waals surface area contributed by atoms with Gasteiger partial charge in [-0.1, -0.05) is 32.2 Å². The SMILES string of the molecule is C=CCOc1cc(OCC=C)c(C(=O)c2ccc(OC)c(F)c2O)c(C(CC)C(=O)OC)c1.